The fraction of sp³-hybridized carbons (Fsp3) is 0.625. The van der Waals surface area contributed by atoms with Crippen LogP contribution in [-0.2, 0) is 12.8 Å². The molecule has 1 fully saturated rings. The molecule has 0 bridgehead atoms. The molecule has 1 N–H and O–H groups in total. The van der Waals surface area contributed by atoms with E-state index >= 15 is 0 Å². The Morgan fingerprint density at radius 2 is 2.00 bits per heavy atom. The maximum Gasteiger partial charge on any atom is 0.138 e. The molecule has 0 unspecified atom stereocenters. The minimum atomic E-state index is 0.983. The molecular formula is C16H22N4S. The van der Waals surface area contributed by atoms with Gasteiger partial charge in [-0.05, 0) is 50.8 Å². The van der Waals surface area contributed by atoms with Gasteiger partial charge in [-0.1, -0.05) is 6.42 Å². The van der Waals surface area contributed by atoms with Crippen LogP contribution in [0, 0.1) is 0 Å². The second kappa shape index (κ2) is 5.89. The van der Waals surface area contributed by atoms with E-state index in [9.17, 15) is 0 Å². The Morgan fingerprint density at radius 1 is 1.10 bits per heavy atom. The van der Waals surface area contributed by atoms with Gasteiger partial charge in [0.15, 0.2) is 0 Å². The van der Waals surface area contributed by atoms with E-state index in [1.165, 1.54) is 67.4 Å². The van der Waals surface area contributed by atoms with Crippen molar-refractivity contribution in [3.63, 3.8) is 0 Å². The number of hydrogen-bond acceptors (Lipinski definition) is 5. The van der Waals surface area contributed by atoms with Gasteiger partial charge < -0.3 is 10.2 Å². The van der Waals surface area contributed by atoms with Crippen molar-refractivity contribution < 1.29 is 0 Å². The van der Waals surface area contributed by atoms with Gasteiger partial charge >= 0.3 is 0 Å². The lowest BCUT2D eigenvalue weighted by molar-refractivity contribution is 0.237. The number of nitrogens with one attached hydrogen (secondary N) is 1. The summed E-state index contributed by atoms with van der Waals surface area (Å²) in [6, 6.07) is 0. The van der Waals surface area contributed by atoms with Crippen LogP contribution in [-0.4, -0.2) is 41.0 Å². The molecule has 1 aliphatic carbocycles. The Hall–Kier alpha value is -1.20. The van der Waals surface area contributed by atoms with Crippen molar-refractivity contribution >= 4 is 27.4 Å². The second-order valence-electron chi connectivity index (χ2n) is 6.09. The lowest BCUT2D eigenvalue weighted by atomic mass is 10.1. The van der Waals surface area contributed by atoms with E-state index in [2.05, 4.69) is 20.2 Å². The topological polar surface area (TPSA) is 41.1 Å². The Kier molecular flexibility index (Phi) is 3.78. The first-order chi connectivity index (χ1) is 10.4. The maximum atomic E-state index is 4.51. The van der Waals surface area contributed by atoms with Gasteiger partial charge in [0.2, 0.25) is 0 Å². The minimum absolute atomic E-state index is 0.983. The zero-order valence-corrected chi connectivity index (χ0v) is 13.2. The van der Waals surface area contributed by atoms with E-state index in [0.29, 0.717) is 0 Å². The van der Waals surface area contributed by atoms with Crippen LogP contribution in [0.2, 0.25) is 0 Å². The molecule has 2 aromatic rings. The number of rotatable bonds is 4. The summed E-state index contributed by atoms with van der Waals surface area (Å²) in [5.74, 6) is 1.05. The molecule has 4 nitrogen and oxygen atoms in total. The number of aryl methyl sites for hydroxylation is 2. The molecule has 2 aromatic heterocycles. The standard InChI is InChI=1S/C16H22N4S/c1-2-8-20(9-3-1)10-7-17-15-14-12-5-4-6-13(12)21-16(14)19-11-18-15/h11H,1-10H2,(H,17,18,19). The lowest BCUT2D eigenvalue weighted by Crippen LogP contribution is -2.33. The summed E-state index contributed by atoms with van der Waals surface area (Å²) in [7, 11) is 0. The van der Waals surface area contributed by atoms with E-state index < -0.39 is 0 Å². The summed E-state index contributed by atoms with van der Waals surface area (Å²) in [6.45, 7) is 4.62. The van der Waals surface area contributed by atoms with Gasteiger partial charge in [-0.15, -0.1) is 11.3 Å². The third kappa shape index (κ3) is 2.64. The Balaban J connectivity index is 1.48. The van der Waals surface area contributed by atoms with Gasteiger partial charge in [0.05, 0.1) is 5.39 Å². The zero-order chi connectivity index (χ0) is 14.1. The molecule has 21 heavy (non-hydrogen) atoms. The van der Waals surface area contributed by atoms with Crippen molar-refractivity contribution in [3.05, 3.63) is 16.8 Å². The first kappa shape index (κ1) is 13.5. The lowest BCUT2D eigenvalue weighted by Gasteiger charge is -2.26. The quantitative estimate of drug-likeness (QED) is 0.942. The molecule has 112 valence electrons. The van der Waals surface area contributed by atoms with E-state index in [-0.39, 0.29) is 0 Å². The van der Waals surface area contributed by atoms with Crippen LogP contribution in [0.3, 0.4) is 0 Å². The molecule has 0 radical (unpaired) electrons. The molecule has 0 atom stereocenters. The average Bonchev–Trinajstić information content (AvgIpc) is 3.09. The first-order valence-electron chi connectivity index (χ1n) is 8.13. The van der Waals surface area contributed by atoms with Crippen LogP contribution in [0.5, 0.6) is 0 Å². The predicted molar refractivity (Wildman–Crippen MR) is 88.2 cm³/mol. The molecule has 0 saturated carbocycles. The fourth-order valence-electron chi connectivity index (χ4n) is 3.58. The number of fused-ring (bicyclic) bond motifs is 3. The zero-order valence-electron chi connectivity index (χ0n) is 12.4. The van der Waals surface area contributed by atoms with E-state index in [4.69, 9.17) is 0 Å². The number of aromatic nitrogens is 2. The monoisotopic (exact) mass is 302 g/mol. The van der Waals surface area contributed by atoms with Crippen molar-refractivity contribution in [2.24, 2.45) is 0 Å². The molecule has 0 spiro atoms. The highest BCUT2D eigenvalue weighted by atomic mass is 32.1. The van der Waals surface area contributed by atoms with Crippen LogP contribution in [0.1, 0.15) is 36.1 Å². The van der Waals surface area contributed by atoms with E-state index in [0.717, 1.165) is 23.7 Å². The molecule has 4 rings (SSSR count). The highest BCUT2D eigenvalue weighted by Gasteiger charge is 2.21. The molecule has 1 aliphatic heterocycles. The Morgan fingerprint density at radius 3 is 2.90 bits per heavy atom. The van der Waals surface area contributed by atoms with Crippen molar-refractivity contribution in [1.82, 2.24) is 14.9 Å². The summed E-state index contributed by atoms with van der Waals surface area (Å²) >= 11 is 1.86. The molecular weight excluding hydrogens is 280 g/mol. The molecule has 3 heterocycles. The number of likely N-dealkylation sites (tertiary alicyclic amines) is 1. The van der Waals surface area contributed by atoms with Crippen LogP contribution in [0.15, 0.2) is 6.33 Å². The van der Waals surface area contributed by atoms with Gasteiger partial charge in [0.1, 0.15) is 17.0 Å². The van der Waals surface area contributed by atoms with Crippen molar-refractivity contribution in [1.29, 1.82) is 0 Å². The van der Waals surface area contributed by atoms with Crippen LogP contribution >= 0.6 is 11.3 Å². The van der Waals surface area contributed by atoms with Crippen molar-refractivity contribution in [2.45, 2.75) is 38.5 Å². The third-order valence-electron chi connectivity index (χ3n) is 4.67. The SMILES string of the molecule is c1nc(NCCN2CCCCC2)c2c3c(sc2n1)CCC3. The smallest absolute Gasteiger partial charge is 0.138 e. The number of hydrogen-bond donors (Lipinski definition) is 1. The van der Waals surface area contributed by atoms with Gasteiger partial charge in [-0.2, -0.15) is 0 Å². The molecule has 0 aromatic carbocycles. The normalized spacial score (nSPS) is 19.0. The van der Waals surface area contributed by atoms with Crippen LogP contribution in [0.4, 0.5) is 5.82 Å². The maximum absolute atomic E-state index is 4.51. The predicted octanol–water partition coefficient (Wildman–Crippen LogP) is 3.08. The number of nitrogens with zero attached hydrogens (tertiary/aromatic N) is 3. The number of anilines is 1. The van der Waals surface area contributed by atoms with Gasteiger partial charge in [0, 0.05) is 18.0 Å². The second-order valence-corrected chi connectivity index (χ2v) is 7.17. The average molecular weight is 302 g/mol. The third-order valence-corrected chi connectivity index (χ3v) is 5.87. The number of piperidine rings is 1. The summed E-state index contributed by atoms with van der Waals surface area (Å²) in [5, 5.41) is 4.86. The molecule has 1 saturated heterocycles. The largest absolute Gasteiger partial charge is 0.368 e. The van der Waals surface area contributed by atoms with E-state index in [1.54, 1.807) is 6.33 Å². The summed E-state index contributed by atoms with van der Waals surface area (Å²) in [6.07, 6.45) is 9.53. The highest BCUT2D eigenvalue weighted by Crippen LogP contribution is 2.38. The van der Waals surface area contributed by atoms with Crippen LogP contribution in [0.25, 0.3) is 10.2 Å². The summed E-state index contributed by atoms with van der Waals surface area (Å²) < 4.78 is 0. The van der Waals surface area contributed by atoms with Crippen molar-refractivity contribution in [3.8, 4) is 0 Å². The van der Waals surface area contributed by atoms with Crippen LogP contribution < -0.4 is 5.32 Å². The van der Waals surface area contributed by atoms with Gasteiger partial charge in [-0.25, -0.2) is 9.97 Å². The Labute approximate surface area is 129 Å². The Bertz CT molecular complexity index is 630. The first-order valence-corrected chi connectivity index (χ1v) is 8.95. The highest BCUT2D eigenvalue weighted by molar-refractivity contribution is 7.19. The molecule has 2 aliphatic rings. The molecule has 0 amide bonds. The van der Waals surface area contributed by atoms with Gasteiger partial charge in [0.25, 0.3) is 0 Å². The number of thiophene rings is 1. The van der Waals surface area contributed by atoms with E-state index in [1.807, 2.05) is 11.3 Å². The summed E-state index contributed by atoms with van der Waals surface area (Å²) in [5.41, 5.74) is 1.51. The molecule has 5 heteroatoms. The fourth-order valence-corrected chi connectivity index (χ4v) is 4.81. The summed E-state index contributed by atoms with van der Waals surface area (Å²) in [4.78, 5) is 14.2. The van der Waals surface area contributed by atoms with Gasteiger partial charge in [-0.3, -0.25) is 0 Å². The minimum Gasteiger partial charge on any atom is -0.368 e. The van der Waals surface area contributed by atoms with Crippen molar-refractivity contribution in [2.75, 3.05) is 31.5 Å².